The number of rotatable bonds is 5. The Balaban J connectivity index is 2.83. The highest BCUT2D eigenvalue weighted by atomic mass is 16.6. The van der Waals surface area contributed by atoms with Gasteiger partial charge in [-0.1, -0.05) is 12.1 Å². The van der Waals surface area contributed by atoms with Crippen molar-refractivity contribution in [3.05, 3.63) is 35.4 Å². The summed E-state index contributed by atoms with van der Waals surface area (Å²) >= 11 is 0. The third-order valence-electron chi connectivity index (χ3n) is 2.72. The number of carbonyl (C=O) groups excluding carboxylic acids is 1. The largest absolute Gasteiger partial charge is 0.478 e. The molecule has 0 radical (unpaired) electrons. The Kier molecular flexibility index (Phi) is 5.27. The maximum atomic E-state index is 11.8. The zero-order chi connectivity index (χ0) is 15.3. The summed E-state index contributed by atoms with van der Waals surface area (Å²) in [7, 11) is 0. The Morgan fingerprint density at radius 2 is 2.00 bits per heavy atom. The van der Waals surface area contributed by atoms with Gasteiger partial charge in [0, 0.05) is 5.92 Å². The van der Waals surface area contributed by atoms with Crippen LogP contribution in [0.25, 0.3) is 0 Å². The lowest BCUT2D eigenvalue weighted by Crippen LogP contribution is -2.26. The first kappa shape index (κ1) is 16.2. The third-order valence-corrected chi connectivity index (χ3v) is 2.72. The van der Waals surface area contributed by atoms with Crippen LogP contribution in [-0.4, -0.2) is 29.2 Å². The number of nitrogens with two attached hydrogens (primary N) is 1. The highest BCUT2D eigenvalue weighted by Crippen LogP contribution is 2.22. The Morgan fingerprint density at radius 3 is 2.50 bits per heavy atom. The molecule has 0 aliphatic rings. The first-order valence-corrected chi connectivity index (χ1v) is 6.48. The molecule has 0 bridgehead atoms. The van der Waals surface area contributed by atoms with Crippen molar-refractivity contribution in [2.75, 3.05) is 6.54 Å². The van der Waals surface area contributed by atoms with Crippen molar-refractivity contribution in [3.8, 4) is 0 Å². The molecule has 20 heavy (non-hydrogen) atoms. The zero-order valence-electron chi connectivity index (χ0n) is 12.1. The van der Waals surface area contributed by atoms with E-state index in [9.17, 15) is 9.59 Å². The predicted molar refractivity (Wildman–Crippen MR) is 75.7 cm³/mol. The van der Waals surface area contributed by atoms with Crippen LogP contribution in [0.5, 0.6) is 0 Å². The summed E-state index contributed by atoms with van der Waals surface area (Å²) in [4.78, 5) is 22.8. The molecule has 1 aromatic carbocycles. The molecule has 0 aromatic heterocycles. The van der Waals surface area contributed by atoms with E-state index < -0.39 is 11.6 Å². The van der Waals surface area contributed by atoms with Crippen molar-refractivity contribution in [1.29, 1.82) is 0 Å². The molecule has 0 aliphatic carbocycles. The van der Waals surface area contributed by atoms with Gasteiger partial charge in [-0.25, -0.2) is 4.79 Å². The van der Waals surface area contributed by atoms with Crippen molar-refractivity contribution >= 4 is 11.9 Å². The lowest BCUT2D eigenvalue weighted by Gasteiger charge is -2.22. The number of hydrogen-bond acceptors (Lipinski definition) is 4. The highest BCUT2D eigenvalue weighted by molar-refractivity contribution is 5.87. The second kappa shape index (κ2) is 6.52. The van der Waals surface area contributed by atoms with E-state index in [-0.39, 0.29) is 30.4 Å². The quantitative estimate of drug-likeness (QED) is 0.806. The number of ether oxygens (including phenoxy) is 1. The molecule has 0 saturated heterocycles. The van der Waals surface area contributed by atoms with Crippen LogP contribution < -0.4 is 5.73 Å². The number of carboxylic acids is 1. The molecule has 1 rings (SSSR count). The summed E-state index contributed by atoms with van der Waals surface area (Å²) in [5.74, 6) is -1.59. The van der Waals surface area contributed by atoms with Crippen molar-refractivity contribution in [3.63, 3.8) is 0 Å². The van der Waals surface area contributed by atoms with Crippen LogP contribution in [0.4, 0.5) is 0 Å². The van der Waals surface area contributed by atoms with E-state index in [1.54, 1.807) is 39.0 Å². The average Bonchev–Trinajstić information content (AvgIpc) is 2.34. The van der Waals surface area contributed by atoms with Gasteiger partial charge in [0.25, 0.3) is 0 Å². The number of carbonyl (C=O) groups is 2. The topological polar surface area (TPSA) is 89.6 Å². The maximum Gasteiger partial charge on any atom is 0.335 e. The molecule has 1 aromatic rings. The smallest absolute Gasteiger partial charge is 0.335 e. The highest BCUT2D eigenvalue weighted by Gasteiger charge is 2.21. The van der Waals surface area contributed by atoms with Gasteiger partial charge in [0.1, 0.15) is 5.60 Å². The van der Waals surface area contributed by atoms with E-state index in [4.69, 9.17) is 15.6 Å². The molecule has 1 unspecified atom stereocenters. The lowest BCUT2D eigenvalue weighted by molar-refractivity contribution is -0.155. The second-order valence-corrected chi connectivity index (χ2v) is 5.65. The molecular weight excluding hydrogens is 258 g/mol. The molecule has 0 aliphatic heterocycles. The molecule has 5 nitrogen and oxygen atoms in total. The normalized spacial score (nSPS) is 12.8. The first-order chi connectivity index (χ1) is 9.23. The molecule has 5 heteroatoms. The van der Waals surface area contributed by atoms with Gasteiger partial charge in [-0.15, -0.1) is 0 Å². The summed E-state index contributed by atoms with van der Waals surface area (Å²) in [6.45, 7) is 5.65. The number of esters is 1. The summed E-state index contributed by atoms with van der Waals surface area (Å²) in [5.41, 5.74) is 6.07. The van der Waals surface area contributed by atoms with Crippen LogP contribution >= 0.6 is 0 Å². The van der Waals surface area contributed by atoms with Crippen LogP contribution in [-0.2, 0) is 9.53 Å². The summed E-state index contributed by atoms with van der Waals surface area (Å²) in [6.07, 6.45) is 0.136. The fourth-order valence-electron chi connectivity index (χ4n) is 1.85. The van der Waals surface area contributed by atoms with Gasteiger partial charge < -0.3 is 15.6 Å². The molecule has 1 atom stereocenters. The van der Waals surface area contributed by atoms with Crippen molar-refractivity contribution in [2.24, 2.45) is 5.73 Å². The minimum Gasteiger partial charge on any atom is -0.478 e. The zero-order valence-corrected chi connectivity index (χ0v) is 12.1. The molecule has 110 valence electrons. The van der Waals surface area contributed by atoms with Gasteiger partial charge in [-0.3, -0.25) is 4.79 Å². The number of carboxylic acid groups (broad SMARTS) is 1. The predicted octanol–water partition coefficient (Wildman–Crippen LogP) is 2.16. The van der Waals surface area contributed by atoms with E-state index in [1.165, 1.54) is 6.07 Å². The van der Waals surface area contributed by atoms with Gasteiger partial charge >= 0.3 is 11.9 Å². The number of benzene rings is 1. The van der Waals surface area contributed by atoms with Crippen molar-refractivity contribution in [1.82, 2.24) is 0 Å². The van der Waals surface area contributed by atoms with E-state index in [0.29, 0.717) is 0 Å². The van der Waals surface area contributed by atoms with E-state index in [1.807, 2.05) is 0 Å². The minimum atomic E-state index is -1.00. The lowest BCUT2D eigenvalue weighted by atomic mass is 9.94. The molecular formula is C15H21NO4. The van der Waals surface area contributed by atoms with Gasteiger partial charge in [0.2, 0.25) is 0 Å². The van der Waals surface area contributed by atoms with Crippen LogP contribution in [0.2, 0.25) is 0 Å². The summed E-state index contributed by atoms with van der Waals surface area (Å²) < 4.78 is 5.26. The monoisotopic (exact) mass is 279 g/mol. The molecule has 0 heterocycles. The minimum absolute atomic E-state index is 0.136. The first-order valence-electron chi connectivity index (χ1n) is 6.48. The maximum absolute atomic E-state index is 11.8. The molecule has 0 spiro atoms. The molecule has 0 saturated carbocycles. The van der Waals surface area contributed by atoms with Crippen LogP contribution in [0.1, 0.15) is 49.0 Å². The van der Waals surface area contributed by atoms with Gasteiger partial charge in [-0.05, 0) is 45.0 Å². The fourth-order valence-corrected chi connectivity index (χ4v) is 1.85. The third kappa shape index (κ3) is 5.01. The number of aromatic carboxylic acids is 1. The van der Waals surface area contributed by atoms with Gasteiger partial charge in [-0.2, -0.15) is 0 Å². The summed E-state index contributed by atoms with van der Waals surface area (Å²) in [5, 5.41) is 8.98. The molecule has 0 fully saturated rings. The molecule has 3 N–H and O–H groups in total. The summed E-state index contributed by atoms with van der Waals surface area (Å²) in [6, 6.07) is 6.47. The Hall–Kier alpha value is -1.88. The van der Waals surface area contributed by atoms with Crippen LogP contribution in [0.15, 0.2) is 24.3 Å². The molecule has 0 amide bonds. The Bertz CT molecular complexity index is 491. The number of hydrogen-bond donors (Lipinski definition) is 2. The van der Waals surface area contributed by atoms with Gasteiger partial charge in [0.05, 0.1) is 12.0 Å². The Morgan fingerprint density at radius 1 is 1.35 bits per heavy atom. The van der Waals surface area contributed by atoms with Crippen LogP contribution in [0, 0.1) is 0 Å². The van der Waals surface area contributed by atoms with E-state index in [0.717, 1.165) is 5.56 Å². The standard InChI is InChI=1S/C15H21NO4/c1-15(2,3)20-13(17)8-12(9-16)10-5-4-6-11(7-10)14(18)19/h4-7,12H,8-9,16H2,1-3H3,(H,18,19). The van der Waals surface area contributed by atoms with Crippen LogP contribution in [0.3, 0.4) is 0 Å². The SMILES string of the molecule is CC(C)(C)OC(=O)CC(CN)c1cccc(C(=O)O)c1. The Labute approximate surface area is 118 Å². The second-order valence-electron chi connectivity index (χ2n) is 5.65. The van der Waals surface area contributed by atoms with Gasteiger partial charge in [0.15, 0.2) is 0 Å². The van der Waals surface area contributed by atoms with E-state index >= 15 is 0 Å². The fraction of sp³-hybridized carbons (Fsp3) is 0.467. The average molecular weight is 279 g/mol. The van der Waals surface area contributed by atoms with Crippen molar-refractivity contribution < 1.29 is 19.4 Å². The van der Waals surface area contributed by atoms with E-state index in [2.05, 4.69) is 0 Å². The van der Waals surface area contributed by atoms with Crippen molar-refractivity contribution in [2.45, 2.75) is 38.7 Å².